The fraction of sp³-hybridized carbons (Fsp3) is 0.125. The van der Waals surface area contributed by atoms with Crippen LogP contribution < -0.4 is 11.4 Å². The van der Waals surface area contributed by atoms with E-state index >= 15 is 0 Å². The first-order valence-electron chi connectivity index (χ1n) is 10.7. The molecule has 0 aliphatic heterocycles. The number of halogens is 6. The molecule has 192 valence electrons. The predicted molar refractivity (Wildman–Crippen MR) is 124 cm³/mol. The summed E-state index contributed by atoms with van der Waals surface area (Å²) in [5.41, 5.74) is 5.24. The van der Waals surface area contributed by atoms with Crippen LogP contribution in [-0.2, 0) is 19.4 Å². The van der Waals surface area contributed by atoms with Crippen molar-refractivity contribution in [3.63, 3.8) is 0 Å². The number of imidazole rings is 1. The molecule has 5 aromatic rings. The molecule has 0 atom stereocenters. The lowest BCUT2D eigenvalue weighted by Crippen LogP contribution is -2.23. The molecule has 38 heavy (non-hydrogen) atoms. The molecular formula is C24H14F6N8. The Morgan fingerprint density at radius 1 is 0.895 bits per heavy atom. The topological polar surface area (TPSA) is 111 Å². The number of rotatable bonds is 2. The minimum absolute atomic E-state index is 0.0669. The van der Waals surface area contributed by atoms with Crippen molar-refractivity contribution in [2.24, 2.45) is 12.0 Å². The van der Waals surface area contributed by atoms with E-state index in [2.05, 4.69) is 19.9 Å². The van der Waals surface area contributed by atoms with Crippen LogP contribution in [0.25, 0.3) is 38.8 Å². The first-order chi connectivity index (χ1) is 17.9. The van der Waals surface area contributed by atoms with Gasteiger partial charge in [0, 0.05) is 24.2 Å². The number of anilines is 1. The average molecular weight is 528 g/mol. The van der Waals surface area contributed by atoms with Gasteiger partial charge in [0.2, 0.25) is 11.8 Å². The van der Waals surface area contributed by atoms with Crippen molar-refractivity contribution in [2.75, 3.05) is 5.73 Å². The van der Waals surface area contributed by atoms with Crippen molar-refractivity contribution in [2.45, 2.75) is 12.4 Å². The molecule has 0 fully saturated rings. The van der Waals surface area contributed by atoms with Gasteiger partial charge in [0.05, 0.1) is 40.2 Å². The van der Waals surface area contributed by atoms with E-state index in [-0.39, 0.29) is 16.9 Å². The van der Waals surface area contributed by atoms with E-state index in [1.807, 2.05) is 0 Å². The lowest BCUT2D eigenvalue weighted by Gasteiger charge is -2.12. The lowest BCUT2D eigenvalue weighted by molar-refractivity contribution is -0.141. The van der Waals surface area contributed by atoms with E-state index in [0.717, 1.165) is 18.3 Å². The second-order valence-corrected chi connectivity index (χ2v) is 8.18. The van der Waals surface area contributed by atoms with Crippen LogP contribution in [0.5, 0.6) is 0 Å². The normalized spacial score (nSPS) is 12.8. The number of fused-ring (bicyclic) bond motifs is 3. The Bertz CT molecular complexity index is 1820. The Balaban J connectivity index is 1.82. The lowest BCUT2D eigenvalue weighted by atomic mass is 10.0. The number of nitrogens with two attached hydrogens (primary N) is 1. The van der Waals surface area contributed by atoms with Gasteiger partial charge >= 0.3 is 12.4 Å². The van der Waals surface area contributed by atoms with Crippen LogP contribution in [0.15, 0.2) is 60.0 Å². The molecule has 8 nitrogen and oxygen atoms in total. The summed E-state index contributed by atoms with van der Waals surface area (Å²) in [7, 11) is 1.59. The van der Waals surface area contributed by atoms with Gasteiger partial charge in [-0.2, -0.15) is 31.6 Å². The maximum absolute atomic E-state index is 13.4. The first kappa shape index (κ1) is 24.8. The zero-order valence-electron chi connectivity index (χ0n) is 19.2. The molecule has 4 aromatic heterocycles. The fourth-order valence-electron chi connectivity index (χ4n) is 4.15. The number of alkyl halides is 6. The van der Waals surface area contributed by atoms with Crippen molar-refractivity contribution < 1.29 is 26.3 Å². The zero-order valence-corrected chi connectivity index (χ0v) is 19.2. The Kier molecular flexibility index (Phi) is 5.59. The number of nitrogens with zero attached hydrogens (tertiary/aromatic N) is 7. The van der Waals surface area contributed by atoms with Crippen molar-refractivity contribution in [1.29, 1.82) is 5.26 Å². The minimum atomic E-state index is -4.72. The number of benzene rings is 1. The molecule has 0 saturated carbocycles. The number of aryl methyl sites for hydroxylation is 1. The van der Waals surface area contributed by atoms with E-state index in [0.29, 0.717) is 27.5 Å². The predicted octanol–water partition coefficient (Wildman–Crippen LogP) is 4.98. The maximum atomic E-state index is 13.4. The zero-order chi connectivity index (χ0) is 27.4. The summed E-state index contributed by atoms with van der Waals surface area (Å²) in [6.07, 6.45) is -4.00. The van der Waals surface area contributed by atoms with Gasteiger partial charge in [-0.15, -0.1) is 4.99 Å². The molecule has 0 aliphatic carbocycles. The molecule has 0 saturated heterocycles. The van der Waals surface area contributed by atoms with Crippen LogP contribution in [-0.4, -0.2) is 24.1 Å². The van der Waals surface area contributed by atoms with Gasteiger partial charge in [-0.25, -0.2) is 9.97 Å². The van der Waals surface area contributed by atoms with Crippen LogP contribution in [0, 0.1) is 11.5 Å². The van der Waals surface area contributed by atoms with E-state index in [1.165, 1.54) is 27.6 Å². The molecule has 0 amide bonds. The molecule has 5 rings (SSSR count). The largest absolute Gasteiger partial charge is 0.433 e. The fourth-order valence-corrected chi connectivity index (χ4v) is 4.15. The summed E-state index contributed by atoms with van der Waals surface area (Å²) in [5.74, 6) is -0.662. The highest BCUT2D eigenvalue weighted by Gasteiger charge is 2.34. The number of nitrogen functional groups attached to an aromatic ring is 1. The van der Waals surface area contributed by atoms with Gasteiger partial charge in [-0.05, 0) is 35.9 Å². The van der Waals surface area contributed by atoms with E-state index < -0.39 is 29.4 Å². The Morgan fingerprint density at radius 2 is 1.66 bits per heavy atom. The minimum Gasteiger partial charge on any atom is -0.383 e. The SMILES string of the molecule is Cn1c(=NC#N)n(-c2ccc(C(F)(F)F)nc2)c2c3cc(-c4cnc(N)c(C(F)(F)F)c4)ccc3ncc21. The summed E-state index contributed by atoms with van der Waals surface area (Å²) < 4.78 is 82.5. The van der Waals surface area contributed by atoms with Crippen LogP contribution in [0.2, 0.25) is 0 Å². The number of hydrogen-bond donors (Lipinski definition) is 1. The van der Waals surface area contributed by atoms with Crippen molar-refractivity contribution >= 4 is 27.8 Å². The maximum Gasteiger partial charge on any atom is 0.433 e. The van der Waals surface area contributed by atoms with Gasteiger partial charge in [0.15, 0.2) is 0 Å². The van der Waals surface area contributed by atoms with Crippen LogP contribution in [0.3, 0.4) is 0 Å². The van der Waals surface area contributed by atoms with Gasteiger partial charge in [-0.1, -0.05) is 6.07 Å². The van der Waals surface area contributed by atoms with Gasteiger partial charge in [0.1, 0.15) is 11.5 Å². The summed E-state index contributed by atoms with van der Waals surface area (Å²) >= 11 is 0. The van der Waals surface area contributed by atoms with Crippen molar-refractivity contribution in [3.8, 4) is 23.0 Å². The monoisotopic (exact) mass is 528 g/mol. The molecule has 14 heteroatoms. The van der Waals surface area contributed by atoms with Crippen LogP contribution in [0.4, 0.5) is 32.2 Å². The number of nitriles is 1. The number of pyridine rings is 3. The summed E-state index contributed by atoms with van der Waals surface area (Å²) in [6, 6.07) is 7.57. The quantitative estimate of drug-likeness (QED) is 0.257. The molecule has 0 unspecified atom stereocenters. The standard InChI is InChI=1S/C24H14F6N8/c1-37-18-10-33-17-4-2-12(13-7-16(23(25,26)27)21(32)35-8-13)6-15(17)20(18)38(22(37)36-11-31)14-3-5-19(34-9-14)24(28,29)30/h2-10H,1H3,(H2,32,35). The molecule has 0 aliphatic rings. The highest BCUT2D eigenvalue weighted by Crippen LogP contribution is 2.36. The Hall–Kier alpha value is -4.93. The first-order valence-corrected chi connectivity index (χ1v) is 10.7. The van der Waals surface area contributed by atoms with E-state index in [1.54, 1.807) is 31.4 Å². The molecule has 1 aromatic carbocycles. The third kappa shape index (κ3) is 4.07. The Morgan fingerprint density at radius 3 is 2.29 bits per heavy atom. The van der Waals surface area contributed by atoms with Crippen LogP contribution in [0.1, 0.15) is 11.3 Å². The van der Waals surface area contributed by atoms with Crippen LogP contribution >= 0.6 is 0 Å². The third-order valence-electron chi connectivity index (χ3n) is 5.91. The van der Waals surface area contributed by atoms with Crippen molar-refractivity contribution in [3.05, 3.63) is 71.9 Å². The summed E-state index contributed by atoms with van der Waals surface area (Å²) in [6.45, 7) is 0. The van der Waals surface area contributed by atoms with Gasteiger partial charge in [-0.3, -0.25) is 9.55 Å². The molecule has 0 radical (unpaired) electrons. The van der Waals surface area contributed by atoms with E-state index in [4.69, 9.17) is 5.73 Å². The number of aromatic nitrogens is 5. The molecular weight excluding hydrogens is 514 g/mol. The smallest absolute Gasteiger partial charge is 0.383 e. The highest BCUT2D eigenvalue weighted by atomic mass is 19.4. The van der Waals surface area contributed by atoms with E-state index in [9.17, 15) is 31.6 Å². The number of hydrogen-bond acceptors (Lipinski definition) is 6. The second kappa shape index (κ2) is 8.58. The van der Waals surface area contributed by atoms with Gasteiger partial charge in [0.25, 0.3) is 0 Å². The van der Waals surface area contributed by atoms with Crippen molar-refractivity contribution in [1.82, 2.24) is 24.1 Å². The average Bonchev–Trinajstić information content (AvgIpc) is 3.15. The summed E-state index contributed by atoms with van der Waals surface area (Å²) in [5, 5.41) is 9.71. The third-order valence-corrected chi connectivity index (χ3v) is 5.91. The molecule has 4 heterocycles. The molecule has 0 bridgehead atoms. The van der Waals surface area contributed by atoms with Gasteiger partial charge < -0.3 is 10.3 Å². The highest BCUT2D eigenvalue weighted by molar-refractivity contribution is 6.04. The summed E-state index contributed by atoms with van der Waals surface area (Å²) in [4.78, 5) is 15.4. The second-order valence-electron chi connectivity index (χ2n) is 8.18. The molecule has 0 spiro atoms. The Labute approximate surface area is 208 Å². The molecule has 2 N–H and O–H groups in total.